The van der Waals surface area contributed by atoms with E-state index >= 15 is 0 Å². The summed E-state index contributed by atoms with van der Waals surface area (Å²) in [6, 6.07) is 0.794. The molecule has 1 N–H and O–H groups in total. The molecule has 94 valence electrons. The number of rotatable bonds is 4. The number of hydrogen-bond acceptors (Lipinski definition) is 3. The van der Waals surface area contributed by atoms with Crippen LogP contribution in [0, 0.1) is 5.92 Å². The lowest BCUT2D eigenvalue weighted by molar-refractivity contribution is 0.296. The fourth-order valence-electron chi connectivity index (χ4n) is 2.75. The van der Waals surface area contributed by atoms with Gasteiger partial charge in [0.25, 0.3) is 0 Å². The van der Waals surface area contributed by atoms with Gasteiger partial charge in [-0.2, -0.15) is 11.8 Å². The maximum Gasteiger partial charge on any atom is 0.00798 e. The van der Waals surface area contributed by atoms with Crippen molar-refractivity contribution in [1.82, 2.24) is 10.2 Å². The molecule has 0 aliphatic carbocycles. The Morgan fingerprint density at radius 1 is 1.25 bits per heavy atom. The summed E-state index contributed by atoms with van der Waals surface area (Å²) in [5, 5.41) is 3.81. The highest BCUT2D eigenvalue weighted by atomic mass is 32.2. The van der Waals surface area contributed by atoms with Gasteiger partial charge >= 0.3 is 0 Å². The molecular weight excluding hydrogens is 216 g/mol. The Morgan fingerprint density at radius 2 is 2.19 bits per heavy atom. The minimum absolute atomic E-state index is 0.794. The molecular formula is C13H26N2S. The maximum atomic E-state index is 3.81. The monoisotopic (exact) mass is 242 g/mol. The van der Waals surface area contributed by atoms with Crippen molar-refractivity contribution >= 4 is 11.8 Å². The third kappa shape index (κ3) is 3.94. The van der Waals surface area contributed by atoms with E-state index in [-0.39, 0.29) is 0 Å². The minimum Gasteiger partial charge on any atom is -0.314 e. The molecule has 3 heteroatoms. The summed E-state index contributed by atoms with van der Waals surface area (Å²) in [7, 11) is 0. The van der Waals surface area contributed by atoms with Crippen molar-refractivity contribution in [2.45, 2.75) is 38.6 Å². The fraction of sp³-hybridized carbons (Fsp3) is 1.00. The van der Waals surface area contributed by atoms with E-state index in [1.165, 1.54) is 63.4 Å². The average molecular weight is 242 g/mol. The number of hydrogen-bond donors (Lipinski definition) is 1. The van der Waals surface area contributed by atoms with Gasteiger partial charge in [0.15, 0.2) is 0 Å². The number of nitrogens with one attached hydrogen (secondary N) is 1. The molecule has 2 aliphatic rings. The Bertz CT molecular complexity index is 192. The Morgan fingerprint density at radius 3 is 2.94 bits per heavy atom. The number of thioether (sulfide) groups is 1. The smallest absolute Gasteiger partial charge is 0.00798 e. The second kappa shape index (κ2) is 6.87. The summed E-state index contributed by atoms with van der Waals surface area (Å²) in [4.78, 5) is 2.59. The third-order valence-electron chi connectivity index (χ3n) is 3.99. The topological polar surface area (TPSA) is 15.3 Å². The molecule has 0 saturated carbocycles. The first kappa shape index (κ1) is 12.7. The van der Waals surface area contributed by atoms with E-state index in [9.17, 15) is 0 Å². The van der Waals surface area contributed by atoms with Crippen molar-refractivity contribution in [2.75, 3.05) is 37.7 Å². The SMILES string of the molecule is CCN1CCCC(NCC2CCSC2)CC1. The predicted molar refractivity (Wildman–Crippen MR) is 73.2 cm³/mol. The van der Waals surface area contributed by atoms with Gasteiger partial charge in [-0.3, -0.25) is 0 Å². The van der Waals surface area contributed by atoms with Gasteiger partial charge < -0.3 is 10.2 Å². The standard InChI is InChI=1S/C13H26N2S/c1-2-15-7-3-4-13(5-8-15)14-10-12-6-9-16-11-12/h12-14H,2-11H2,1H3. The molecule has 2 fully saturated rings. The van der Waals surface area contributed by atoms with E-state index in [0.29, 0.717) is 0 Å². The molecule has 2 rings (SSSR count). The number of likely N-dealkylation sites (tertiary alicyclic amines) is 1. The molecule has 2 atom stereocenters. The van der Waals surface area contributed by atoms with E-state index in [2.05, 4.69) is 28.9 Å². The Balaban J connectivity index is 1.65. The lowest BCUT2D eigenvalue weighted by Crippen LogP contribution is -2.34. The third-order valence-corrected chi connectivity index (χ3v) is 5.22. The van der Waals surface area contributed by atoms with Gasteiger partial charge in [0.2, 0.25) is 0 Å². The molecule has 2 unspecified atom stereocenters. The van der Waals surface area contributed by atoms with E-state index in [1.807, 2.05) is 0 Å². The lowest BCUT2D eigenvalue weighted by atomic mass is 10.1. The van der Waals surface area contributed by atoms with E-state index in [4.69, 9.17) is 0 Å². The van der Waals surface area contributed by atoms with Crippen molar-refractivity contribution in [3.05, 3.63) is 0 Å². The van der Waals surface area contributed by atoms with Crippen LogP contribution in [-0.4, -0.2) is 48.6 Å². The Kier molecular flexibility index (Phi) is 5.46. The van der Waals surface area contributed by atoms with Gasteiger partial charge in [0.05, 0.1) is 0 Å². The van der Waals surface area contributed by atoms with Crippen LogP contribution in [0.15, 0.2) is 0 Å². The van der Waals surface area contributed by atoms with Crippen molar-refractivity contribution in [3.63, 3.8) is 0 Å². The summed E-state index contributed by atoms with van der Waals surface area (Å²) in [5.74, 6) is 3.73. The molecule has 0 aromatic heterocycles. The zero-order valence-corrected chi connectivity index (χ0v) is 11.4. The Hall–Kier alpha value is 0.270. The van der Waals surface area contributed by atoms with Crippen LogP contribution >= 0.6 is 11.8 Å². The zero-order valence-electron chi connectivity index (χ0n) is 10.6. The lowest BCUT2D eigenvalue weighted by Gasteiger charge is -2.20. The van der Waals surface area contributed by atoms with E-state index in [0.717, 1.165) is 12.0 Å². The van der Waals surface area contributed by atoms with Crippen LogP contribution < -0.4 is 5.32 Å². The van der Waals surface area contributed by atoms with Crippen LogP contribution in [0.2, 0.25) is 0 Å². The quantitative estimate of drug-likeness (QED) is 0.814. The molecule has 2 aliphatic heterocycles. The van der Waals surface area contributed by atoms with E-state index in [1.54, 1.807) is 0 Å². The van der Waals surface area contributed by atoms with Gasteiger partial charge in [-0.05, 0) is 69.3 Å². The summed E-state index contributed by atoms with van der Waals surface area (Å²) in [6.45, 7) is 7.39. The van der Waals surface area contributed by atoms with Gasteiger partial charge in [-0.1, -0.05) is 6.92 Å². The summed E-state index contributed by atoms with van der Waals surface area (Å²) in [5.41, 5.74) is 0. The van der Waals surface area contributed by atoms with Gasteiger partial charge in [-0.15, -0.1) is 0 Å². The first-order valence-corrected chi connectivity index (χ1v) is 8.07. The van der Waals surface area contributed by atoms with Gasteiger partial charge in [0.1, 0.15) is 0 Å². The molecule has 0 aromatic carbocycles. The molecule has 0 bridgehead atoms. The fourth-order valence-corrected chi connectivity index (χ4v) is 4.04. The summed E-state index contributed by atoms with van der Waals surface area (Å²) < 4.78 is 0. The van der Waals surface area contributed by atoms with E-state index < -0.39 is 0 Å². The van der Waals surface area contributed by atoms with Gasteiger partial charge in [-0.25, -0.2) is 0 Å². The average Bonchev–Trinajstić information content (AvgIpc) is 2.72. The van der Waals surface area contributed by atoms with Crippen molar-refractivity contribution in [3.8, 4) is 0 Å². The second-order valence-corrected chi connectivity index (χ2v) is 6.35. The van der Waals surface area contributed by atoms with Crippen LogP contribution in [0.3, 0.4) is 0 Å². The van der Waals surface area contributed by atoms with Crippen LogP contribution in [0.1, 0.15) is 32.6 Å². The zero-order chi connectivity index (χ0) is 11.2. The first-order valence-electron chi connectivity index (χ1n) is 6.92. The predicted octanol–water partition coefficient (Wildman–Crippen LogP) is 2.20. The first-order chi connectivity index (χ1) is 7.88. The van der Waals surface area contributed by atoms with Crippen LogP contribution in [0.4, 0.5) is 0 Å². The van der Waals surface area contributed by atoms with Crippen molar-refractivity contribution in [2.24, 2.45) is 5.92 Å². The Labute approximate surface area is 105 Å². The minimum atomic E-state index is 0.794. The molecule has 0 amide bonds. The van der Waals surface area contributed by atoms with Crippen LogP contribution in [0.5, 0.6) is 0 Å². The van der Waals surface area contributed by atoms with Crippen LogP contribution in [0.25, 0.3) is 0 Å². The molecule has 0 aromatic rings. The second-order valence-electron chi connectivity index (χ2n) is 5.20. The van der Waals surface area contributed by atoms with Crippen molar-refractivity contribution in [1.29, 1.82) is 0 Å². The molecule has 0 spiro atoms. The molecule has 2 saturated heterocycles. The highest BCUT2D eigenvalue weighted by molar-refractivity contribution is 7.99. The largest absolute Gasteiger partial charge is 0.314 e. The summed E-state index contributed by atoms with van der Waals surface area (Å²) >= 11 is 2.13. The normalized spacial score (nSPS) is 32.8. The maximum absolute atomic E-state index is 3.81. The number of nitrogens with zero attached hydrogens (tertiary/aromatic N) is 1. The van der Waals surface area contributed by atoms with Gasteiger partial charge in [0, 0.05) is 6.04 Å². The highest BCUT2D eigenvalue weighted by Gasteiger charge is 2.19. The molecule has 16 heavy (non-hydrogen) atoms. The molecule has 0 radical (unpaired) electrons. The van der Waals surface area contributed by atoms with Crippen molar-refractivity contribution < 1.29 is 0 Å². The molecule has 2 nitrogen and oxygen atoms in total. The van der Waals surface area contributed by atoms with Crippen LogP contribution in [-0.2, 0) is 0 Å². The summed E-state index contributed by atoms with van der Waals surface area (Å²) in [6.07, 6.45) is 5.56. The molecule has 2 heterocycles. The highest BCUT2D eigenvalue weighted by Crippen LogP contribution is 2.23.